The number of halogens is 1. The van der Waals surface area contributed by atoms with E-state index >= 15 is 0 Å². The Morgan fingerprint density at radius 2 is 1.32 bits per heavy atom. The average molecular weight is 539 g/mol. The van der Waals surface area contributed by atoms with Gasteiger partial charge in [-0.25, -0.2) is 4.98 Å². The molecule has 0 amide bonds. The molecule has 0 saturated heterocycles. The van der Waals surface area contributed by atoms with Crippen molar-refractivity contribution in [2.45, 2.75) is 136 Å². The summed E-state index contributed by atoms with van der Waals surface area (Å²) in [6, 6.07) is 14.3. The van der Waals surface area contributed by atoms with E-state index in [0.29, 0.717) is 0 Å². The quantitative estimate of drug-likeness (QED) is 0.134. The van der Waals surface area contributed by atoms with Gasteiger partial charge in [0.1, 0.15) is 5.75 Å². The van der Waals surface area contributed by atoms with Gasteiger partial charge < -0.3 is 9.30 Å². The first-order chi connectivity index (χ1) is 18.6. The third kappa shape index (κ3) is 10.3. The molecule has 0 aliphatic heterocycles. The molecule has 210 valence electrons. The average Bonchev–Trinajstić information content (AvgIpc) is 3.29. The first-order valence-corrected chi connectivity index (χ1v) is 15.9. The second-order valence-electron chi connectivity index (χ2n) is 11.1. The normalized spacial score (nSPS) is 12.3. The first kappa shape index (κ1) is 30.5. The van der Waals surface area contributed by atoms with Gasteiger partial charge >= 0.3 is 0 Å². The minimum atomic E-state index is -0.135. The predicted molar refractivity (Wildman–Crippen MR) is 165 cm³/mol. The van der Waals surface area contributed by atoms with Gasteiger partial charge in [0.15, 0.2) is 11.9 Å². The smallest absolute Gasteiger partial charge is 0.153 e. The lowest BCUT2D eigenvalue weighted by atomic mass is 10.0. The summed E-state index contributed by atoms with van der Waals surface area (Å²) in [5.41, 5.74) is 3.27. The fraction of sp³-hybridized carbons (Fsp3) is 0.618. The summed E-state index contributed by atoms with van der Waals surface area (Å²) < 4.78 is 8.67. The lowest BCUT2D eigenvalue weighted by molar-refractivity contribution is 0.211. The van der Waals surface area contributed by atoms with Crippen molar-refractivity contribution in [1.29, 1.82) is 0 Å². The first-order valence-electron chi connectivity index (χ1n) is 15.5. The van der Waals surface area contributed by atoms with Crippen LogP contribution in [0.15, 0.2) is 42.5 Å². The Kier molecular flexibility index (Phi) is 14.1. The Balaban J connectivity index is 1.34. The zero-order valence-corrected chi connectivity index (χ0v) is 25.1. The van der Waals surface area contributed by atoms with Gasteiger partial charge in [-0.1, -0.05) is 127 Å². The van der Waals surface area contributed by atoms with Crippen LogP contribution in [0.2, 0.25) is 5.02 Å². The van der Waals surface area contributed by atoms with Crippen molar-refractivity contribution in [1.82, 2.24) is 9.55 Å². The van der Waals surface area contributed by atoms with Crippen molar-refractivity contribution in [3.05, 3.63) is 58.9 Å². The summed E-state index contributed by atoms with van der Waals surface area (Å²) in [5, 5.41) is 0.765. The largest absolute Gasteiger partial charge is 0.483 e. The highest BCUT2D eigenvalue weighted by Gasteiger charge is 2.18. The highest BCUT2D eigenvalue weighted by molar-refractivity contribution is 6.31. The Hall–Kier alpha value is -2.00. The van der Waals surface area contributed by atoms with Crippen LogP contribution in [0.1, 0.15) is 134 Å². The van der Waals surface area contributed by atoms with Crippen LogP contribution in [0.4, 0.5) is 0 Å². The summed E-state index contributed by atoms with van der Waals surface area (Å²) in [4.78, 5) is 4.95. The van der Waals surface area contributed by atoms with E-state index in [1.165, 1.54) is 108 Å². The van der Waals surface area contributed by atoms with Crippen molar-refractivity contribution in [3.8, 4) is 5.75 Å². The SMILES string of the molecule is CCCCCCCCCCCCCCCCCCn1c(C(C)Oc2ccc(Cl)c(C)c2)nc2ccccc21. The summed E-state index contributed by atoms with van der Waals surface area (Å²) in [6.45, 7) is 7.38. The zero-order chi connectivity index (χ0) is 27.0. The Morgan fingerprint density at radius 3 is 1.89 bits per heavy atom. The van der Waals surface area contributed by atoms with E-state index in [0.717, 1.165) is 34.2 Å². The number of hydrogen-bond acceptors (Lipinski definition) is 2. The molecule has 1 aromatic heterocycles. The Bertz CT molecular complexity index is 1060. The third-order valence-corrected chi connectivity index (χ3v) is 8.15. The summed E-state index contributed by atoms with van der Waals surface area (Å²) >= 11 is 6.20. The van der Waals surface area contributed by atoms with Crippen LogP contribution in [-0.2, 0) is 6.54 Å². The summed E-state index contributed by atoms with van der Waals surface area (Å²) in [6.07, 6.45) is 22.1. The van der Waals surface area contributed by atoms with E-state index in [-0.39, 0.29) is 6.10 Å². The van der Waals surface area contributed by atoms with E-state index in [2.05, 4.69) is 42.7 Å². The Morgan fingerprint density at radius 1 is 0.763 bits per heavy atom. The molecule has 1 atom stereocenters. The molecule has 2 aromatic carbocycles. The van der Waals surface area contributed by atoms with Crippen LogP contribution in [0.5, 0.6) is 5.75 Å². The molecule has 3 aromatic rings. The molecule has 1 unspecified atom stereocenters. The second kappa shape index (κ2) is 17.6. The number of aromatic nitrogens is 2. The molecule has 0 N–H and O–H groups in total. The maximum atomic E-state index is 6.30. The fourth-order valence-electron chi connectivity index (χ4n) is 5.40. The second-order valence-corrected chi connectivity index (χ2v) is 11.5. The lowest BCUT2D eigenvalue weighted by Crippen LogP contribution is -2.12. The minimum Gasteiger partial charge on any atom is -0.483 e. The number of para-hydroxylation sites is 2. The monoisotopic (exact) mass is 538 g/mol. The van der Waals surface area contributed by atoms with E-state index in [1.807, 2.05) is 25.1 Å². The van der Waals surface area contributed by atoms with Crippen LogP contribution < -0.4 is 4.74 Å². The molecular weight excluding hydrogens is 488 g/mol. The van der Waals surface area contributed by atoms with Crippen LogP contribution in [0, 0.1) is 6.92 Å². The van der Waals surface area contributed by atoms with Crippen molar-refractivity contribution < 1.29 is 4.74 Å². The molecule has 0 aliphatic carbocycles. The van der Waals surface area contributed by atoms with E-state index in [9.17, 15) is 0 Å². The summed E-state index contributed by atoms with van der Waals surface area (Å²) in [5.74, 6) is 1.83. The van der Waals surface area contributed by atoms with Gasteiger partial charge in [0.05, 0.1) is 11.0 Å². The van der Waals surface area contributed by atoms with Gasteiger partial charge in [-0.3, -0.25) is 0 Å². The fourth-order valence-corrected chi connectivity index (χ4v) is 5.52. The van der Waals surface area contributed by atoms with Crippen LogP contribution >= 0.6 is 11.6 Å². The van der Waals surface area contributed by atoms with Crippen molar-refractivity contribution >= 4 is 22.6 Å². The lowest BCUT2D eigenvalue weighted by Gasteiger charge is -2.17. The van der Waals surface area contributed by atoms with Crippen molar-refractivity contribution in [3.63, 3.8) is 0 Å². The van der Waals surface area contributed by atoms with Gasteiger partial charge in [0, 0.05) is 11.6 Å². The number of nitrogens with zero attached hydrogens (tertiary/aromatic N) is 2. The molecule has 3 rings (SSSR count). The highest BCUT2D eigenvalue weighted by Crippen LogP contribution is 2.28. The maximum Gasteiger partial charge on any atom is 0.153 e. The van der Waals surface area contributed by atoms with E-state index in [1.54, 1.807) is 0 Å². The number of unbranched alkanes of at least 4 members (excludes halogenated alkanes) is 15. The molecule has 0 spiro atoms. The number of imidazole rings is 1. The van der Waals surface area contributed by atoms with Crippen LogP contribution in [-0.4, -0.2) is 9.55 Å². The predicted octanol–water partition coefficient (Wildman–Crippen LogP) is 11.4. The van der Waals surface area contributed by atoms with Crippen LogP contribution in [0.25, 0.3) is 11.0 Å². The van der Waals surface area contributed by atoms with Gasteiger partial charge in [0.25, 0.3) is 0 Å². The number of ether oxygens (including phenoxy) is 1. The molecule has 0 aliphatic rings. The summed E-state index contributed by atoms with van der Waals surface area (Å²) in [7, 11) is 0. The molecule has 0 radical (unpaired) electrons. The number of fused-ring (bicyclic) bond motifs is 1. The van der Waals surface area contributed by atoms with Crippen LogP contribution in [0.3, 0.4) is 0 Å². The molecule has 3 nitrogen and oxygen atoms in total. The van der Waals surface area contributed by atoms with Crippen molar-refractivity contribution in [2.75, 3.05) is 0 Å². The topological polar surface area (TPSA) is 27.1 Å². The minimum absolute atomic E-state index is 0.135. The molecule has 0 bridgehead atoms. The number of rotatable bonds is 20. The van der Waals surface area contributed by atoms with Gasteiger partial charge in [-0.2, -0.15) is 0 Å². The number of benzene rings is 2. The number of hydrogen-bond donors (Lipinski definition) is 0. The molecule has 0 saturated carbocycles. The standard InChI is InChI=1S/C34H51ClN2O/c1-4-5-6-7-8-9-10-11-12-13-14-15-16-17-18-21-26-37-33-23-20-19-22-32(33)36-34(37)29(3)38-30-24-25-31(35)28(2)27-30/h19-20,22-25,27,29H,4-18,21,26H2,1-3H3. The highest BCUT2D eigenvalue weighted by atomic mass is 35.5. The third-order valence-electron chi connectivity index (χ3n) is 7.73. The maximum absolute atomic E-state index is 6.30. The molecule has 1 heterocycles. The molecule has 4 heteroatoms. The zero-order valence-electron chi connectivity index (χ0n) is 24.3. The Labute approximate surface area is 237 Å². The molecular formula is C34H51ClN2O. The van der Waals surface area contributed by atoms with E-state index < -0.39 is 0 Å². The van der Waals surface area contributed by atoms with Gasteiger partial charge in [-0.05, 0) is 56.2 Å². The van der Waals surface area contributed by atoms with Gasteiger partial charge in [-0.15, -0.1) is 0 Å². The number of aryl methyl sites for hydroxylation is 2. The van der Waals surface area contributed by atoms with Crippen molar-refractivity contribution in [2.24, 2.45) is 0 Å². The van der Waals surface area contributed by atoms with Gasteiger partial charge in [0.2, 0.25) is 0 Å². The molecule has 0 fully saturated rings. The molecule has 38 heavy (non-hydrogen) atoms. The van der Waals surface area contributed by atoms with E-state index in [4.69, 9.17) is 21.3 Å².